The minimum absolute atomic E-state index is 0.0224. The number of nitrogens with zero attached hydrogens (tertiary/aromatic N) is 2. The molecule has 28 heavy (non-hydrogen) atoms. The normalized spacial score (nSPS) is 12.5. The minimum Gasteiger partial charge on any atom is -0.480 e. The minimum atomic E-state index is -3.74. The fourth-order valence-corrected chi connectivity index (χ4v) is 3.04. The summed E-state index contributed by atoms with van der Waals surface area (Å²) in [5.74, 6) is -0.103. The van der Waals surface area contributed by atoms with E-state index in [2.05, 4.69) is 20.6 Å². The van der Waals surface area contributed by atoms with Crippen LogP contribution in [-0.2, 0) is 21.4 Å². The highest BCUT2D eigenvalue weighted by atomic mass is 32.2. The van der Waals surface area contributed by atoms with Gasteiger partial charge in [-0.25, -0.2) is 23.5 Å². The van der Waals surface area contributed by atoms with Crippen molar-refractivity contribution in [1.29, 1.82) is 0 Å². The standard InChI is InChI=1S/C18H19N5O4S/c1-11(18(24)25)21-17-14-4-2-3-5-15(14)22-16(23-17)10-20-12-6-8-13(9-7-12)28(19,26)27/h2-9,11,20H,10H2,1H3,(H,24,25)(H2,19,26,27)(H,21,22,23). The summed E-state index contributed by atoms with van der Waals surface area (Å²) in [7, 11) is -3.74. The van der Waals surface area contributed by atoms with Gasteiger partial charge in [-0.05, 0) is 43.3 Å². The van der Waals surface area contributed by atoms with Gasteiger partial charge in [0, 0.05) is 11.1 Å². The number of primary sulfonamides is 1. The lowest BCUT2D eigenvalue weighted by molar-refractivity contribution is -0.137. The van der Waals surface area contributed by atoms with E-state index in [1.807, 2.05) is 24.3 Å². The molecule has 0 aliphatic carbocycles. The van der Waals surface area contributed by atoms with Crippen LogP contribution < -0.4 is 15.8 Å². The highest BCUT2D eigenvalue weighted by molar-refractivity contribution is 7.89. The third-order valence-electron chi connectivity index (χ3n) is 4.01. The van der Waals surface area contributed by atoms with Crippen LogP contribution in [-0.4, -0.2) is 35.5 Å². The summed E-state index contributed by atoms with van der Waals surface area (Å²) in [5.41, 5.74) is 1.34. The van der Waals surface area contributed by atoms with Crippen molar-refractivity contribution in [2.24, 2.45) is 5.14 Å². The van der Waals surface area contributed by atoms with Crippen LogP contribution in [0.4, 0.5) is 11.5 Å². The predicted molar refractivity (Wildman–Crippen MR) is 105 cm³/mol. The van der Waals surface area contributed by atoms with Crippen LogP contribution in [0.2, 0.25) is 0 Å². The van der Waals surface area contributed by atoms with Crippen molar-refractivity contribution >= 4 is 38.4 Å². The van der Waals surface area contributed by atoms with Gasteiger partial charge in [0.1, 0.15) is 17.7 Å². The number of nitrogens with one attached hydrogen (secondary N) is 2. The number of carbonyl (C=O) groups is 1. The number of aromatic nitrogens is 2. The Kier molecular flexibility index (Phi) is 5.43. The number of hydrogen-bond acceptors (Lipinski definition) is 7. The molecule has 146 valence electrons. The number of fused-ring (bicyclic) bond motifs is 1. The number of hydrogen-bond donors (Lipinski definition) is 4. The molecule has 1 heterocycles. The number of rotatable bonds is 7. The maximum Gasteiger partial charge on any atom is 0.325 e. The molecule has 1 unspecified atom stereocenters. The number of para-hydroxylation sites is 1. The van der Waals surface area contributed by atoms with Crippen molar-refractivity contribution in [3.05, 3.63) is 54.4 Å². The summed E-state index contributed by atoms with van der Waals surface area (Å²) in [6, 6.07) is 12.5. The zero-order valence-electron chi connectivity index (χ0n) is 15.0. The monoisotopic (exact) mass is 401 g/mol. The van der Waals surface area contributed by atoms with Crippen molar-refractivity contribution in [3.63, 3.8) is 0 Å². The maximum atomic E-state index is 11.3. The van der Waals surface area contributed by atoms with Gasteiger partial charge in [0.05, 0.1) is 17.0 Å². The summed E-state index contributed by atoms with van der Waals surface area (Å²) < 4.78 is 22.6. The number of carboxylic acids is 1. The number of sulfonamides is 1. The molecular weight excluding hydrogens is 382 g/mol. The highest BCUT2D eigenvalue weighted by Gasteiger charge is 2.14. The van der Waals surface area contributed by atoms with Gasteiger partial charge in [0.15, 0.2) is 0 Å². The topological polar surface area (TPSA) is 147 Å². The van der Waals surface area contributed by atoms with Crippen LogP contribution >= 0.6 is 0 Å². The first-order chi connectivity index (χ1) is 13.2. The molecule has 0 saturated heterocycles. The van der Waals surface area contributed by atoms with Crippen LogP contribution in [0.25, 0.3) is 10.9 Å². The fourth-order valence-electron chi connectivity index (χ4n) is 2.52. The molecule has 0 amide bonds. The van der Waals surface area contributed by atoms with E-state index in [4.69, 9.17) is 10.2 Å². The Hall–Kier alpha value is -3.24. The largest absolute Gasteiger partial charge is 0.480 e. The van der Waals surface area contributed by atoms with Gasteiger partial charge in [-0.1, -0.05) is 12.1 Å². The molecule has 2 aromatic carbocycles. The summed E-state index contributed by atoms with van der Waals surface area (Å²) in [4.78, 5) is 20.1. The van der Waals surface area contributed by atoms with E-state index < -0.39 is 22.0 Å². The van der Waals surface area contributed by atoms with Crippen molar-refractivity contribution in [1.82, 2.24) is 9.97 Å². The molecule has 3 rings (SSSR count). The molecule has 0 spiro atoms. The van der Waals surface area contributed by atoms with E-state index >= 15 is 0 Å². The number of aliphatic carboxylic acids is 1. The van der Waals surface area contributed by atoms with Gasteiger partial charge in [-0.2, -0.15) is 0 Å². The molecule has 0 fully saturated rings. The maximum absolute atomic E-state index is 11.3. The smallest absolute Gasteiger partial charge is 0.325 e. The van der Waals surface area contributed by atoms with Crippen LogP contribution in [0.15, 0.2) is 53.4 Å². The third-order valence-corrected chi connectivity index (χ3v) is 4.94. The highest BCUT2D eigenvalue weighted by Crippen LogP contribution is 2.21. The summed E-state index contributed by atoms with van der Waals surface area (Å²) in [6.07, 6.45) is 0. The molecule has 1 aromatic heterocycles. The number of carboxylic acid groups (broad SMARTS) is 1. The lowest BCUT2D eigenvalue weighted by atomic mass is 10.2. The quantitative estimate of drug-likeness (QED) is 0.468. The van der Waals surface area contributed by atoms with Crippen LogP contribution in [0, 0.1) is 0 Å². The second kappa shape index (κ2) is 7.79. The molecule has 0 radical (unpaired) electrons. The van der Waals surface area contributed by atoms with Crippen LogP contribution in [0.1, 0.15) is 12.7 Å². The van der Waals surface area contributed by atoms with E-state index in [-0.39, 0.29) is 11.4 Å². The Morgan fingerprint density at radius 2 is 1.82 bits per heavy atom. The average Bonchev–Trinajstić information content (AvgIpc) is 2.66. The molecule has 1 atom stereocenters. The Bertz CT molecular complexity index is 1120. The zero-order chi connectivity index (χ0) is 20.3. The lowest BCUT2D eigenvalue weighted by Crippen LogP contribution is -2.26. The number of anilines is 2. The second-order valence-corrected chi connectivity index (χ2v) is 7.69. The Morgan fingerprint density at radius 3 is 2.46 bits per heavy atom. The molecule has 0 aliphatic rings. The zero-order valence-corrected chi connectivity index (χ0v) is 15.8. The molecule has 0 bridgehead atoms. The van der Waals surface area contributed by atoms with E-state index in [1.54, 1.807) is 12.1 Å². The number of nitrogens with two attached hydrogens (primary N) is 1. The fraction of sp³-hybridized carbons (Fsp3) is 0.167. The SMILES string of the molecule is CC(Nc1nc(CNc2ccc(S(N)(=O)=O)cc2)nc2ccccc12)C(=O)O. The van der Waals surface area contributed by atoms with Crippen molar-refractivity contribution in [2.45, 2.75) is 24.4 Å². The number of benzene rings is 2. The van der Waals surface area contributed by atoms with Gasteiger partial charge in [-0.15, -0.1) is 0 Å². The van der Waals surface area contributed by atoms with E-state index in [1.165, 1.54) is 19.1 Å². The van der Waals surface area contributed by atoms with Gasteiger partial charge < -0.3 is 15.7 Å². The van der Waals surface area contributed by atoms with Crippen LogP contribution in [0.5, 0.6) is 0 Å². The first-order valence-electron chi connectivity index (χ1n) is 8.36. The second-order valence-electron chi connectivity index (χ2n) is 6.13. The Balaban J connectivity index is 1.84. The third kappa shape index (κ3) is 4.53. The molecule has 3 aromatic rings. The van der Waals surface area contributed by atoms with Crippen molar-refractivity contribution in [2.75, 3.05) is 10.6 Å². The van der Waals surface area contributed by atoms with Gasteiger partial charge in [0.25, 0.3) is 0 Å². The lowest BCUT2D eigenvalue weighted by Gasteiger charge is -2.14. The Labute approximate surface area is 161 Å². The van der Waals surface area contributed by atoms with Crippen molar-refractivity contribution < 1.29 is 18.3 Å². The molecule has 0 saturated carbocycles. The summed E-state index contributed by atoms with van der Waals surface area (Å²) in [6.45, 7) is 1.79. The predicted octanol–water partition coefficient (Wildman–Crippen LogP) is 1.77. The Morgan fingerprint density at radius 1 is 1.14 bits per heavy atom. The van der Waals surface area contributed by atoms with E-state index in [0.717, 1.165) is 5.39 Å². The summed E-state index contributed by atoms with van der Waals surface area (Å²) in [5, 5.41) is 20.9. The van der Waals surface area contributed by atoms with Crippen molar-refractivity contribution in [3.8, 4) is 0 Å². The van der Waals surface area contributed by atoms with E-state index in [0.29, 0.717) is 22.8 Å². The summed E-state index contributed by atoms with van der Waals surface area (Å²) >= 11 is 0. The van der Waals surface area contributed by atoms with E-state index in [9.17, 15) is 13.2 Å². The van der Waals surface area contributed by atoms with Gasteiger partial charge in [0.2, 0.25) is 10.0 Å². The average molecular weight is 401 g/mol. The molecule has 9 nitrogen and oxygen atoms in total. The van der Waals surface area contributed by atoms with Crippen LogP contribution in [0.3, 0.4) is 0 Å². The first-order valence-corrected chi connectivity index (χ1v) is 9.90. The molecule has 10 heteroatoms. The first kappa shape index (κ1) is 19.5. The van der Waals surface area contributed by atoms with Gasteiger partial charge >= 0.3 is 5.97 Å². The molecular formula is C18H19N5O4S. The van der Waals surface area contributed by atoms with Gasteiger partial charge in [-0.3, -0.25) is 4.79 Å². The molecule has 0 aliphatic heterocycles. The molecule has 5 N–H and O–H groups in total.